The predicted molar refractivity (Wildman–Crippen MR) is 36.2 cm³/mol. The second-order valence-electron chi connectivity index (χ2n) is 1.61. The summed E-state index contributed by atoms with van der Waals surface area (Å²) in [5.41, 5.74) is 5.99. The minimum atomic E-state index is 0.472. The molecule has 0 aliphatic rings. The lowest BCUT2D eigenvalue weighted by molar-refractivity contribution is 0.921. The van der Waals surface area contributed by atoms with E-state index < -0.39 is 0 Å². The highest BCUT2D eigenvalue weighted by Crippen LogP contribution is 1.98. The molecule has 0 aromatic carbocycles. The van der Waals surface area contributed by atoms with Gasteiger partial charge in [0.2, 0.25) is 0 Å². The number of hydrogen-bond acceptors (Lipinski definition) is 3. The van der Waals surface area contributed by atoms with Crippen LogP contribution in [0, 0.1) is 11.3 Å². The summed E-state index contributed by atoms with van der Waals surface area (Å²) < 4.78 is 0. The molecule has 0 rings (SSSR count). The zero-order valence-corrected chi connectivity index (χ0v) is 5.73. The average Bonchev–Trinajstić information content (AvgIpc) is 1.90. The Morgan fingerprint density at radius 2 is 2.33 bits per heavy atom. The summed E-state index contributed by atoms with van der Waals surface area (Å²) in [7, 11) is 1.70. The topological polar surface area (TPSA) is 61.8 Å². The molecule has 0 heterocycles. The molecule has 50 valence electrons. The van der Waals surface area contributed by atoms with Crippen molar-refractivity contribution in [1.82, 2.24) is 5.32 Å². The third-order valence-electron chi connectivity index (χ3n) is 1.08. The summed E-state index contributed by atoms with van der Waals surface area (Å²) in [4.78, 5) is 0. The Labute approximate surface area is 55.2 Å². The van der Waals surface area contributed by atoms with E-state index in [1.165, 1.54) is 0 Å². The molecule has 0 amide bonds. The van der Waals surface area contributed by atoms with Crippen molar-refractivity contribution in [2.45, 2.75) is 13.3 Å². The highest BCUT2D eigenvalue weighted by atomic mass is 15.0. The number of nitrogens with zero attached hydrogens (tertiary/aromatic N) is 1. The van der Waals surface area contributed by atoms with E-state index in [9.17, 15) is 0 Å². The van der Waals surface area contributed by atoms with Gasteiger partial charge < -0.3 is 11.1 Å². The normalized spacial score (nSPS) is 11.7. The Balaban J connectivity index is 4.24. The first-order valence-electron chi connectivity index (χ1n) is 2.82. The van der Waals surface area contributed by atoms with Crippen molar-refractivity contribution >= 4 is 0 Å². The van der Waals surface area contributed by atoms with E-state index in [0.717, 1.165) is 0 Å². The smallest absolute Gasteiger partial charge is 0.110 e. The van der Waals surface area contributed by atoms with E-state index in [4.69, 9.17) is 11.0 Å². The Kier molecular flexibility index (Phi) is 3.29. The Hall–Kier alpha value is -1.17. The summed E-state index contributed by atoms with van der Waals surface area (Å²) in [5.74, 6) is 0.472. The second kappa shape index (κ2) is 3.79. The van der Waals surface area contributed by atoms with E-state index in [1.54, 1.807) is 7.05 Å². The zero-order valence-electron chi connectivity index (χ0n) is 5.73. The summed E-state index contributed by atoms with van der Waals surface area (Å²) >= 11 is 0. The fraction of sp³-hybridized carbons (Fsp3) is 0.500. The van der Waals surface area contributed by atoms with E-state index >= 15 is 0 Å². The van der Waals surface area contributed by atoms with E-state index in [-0.39, 0.29) is 0 Å². The molecular formula is C6H11N3. The number of hydrogen-bond donors (Lipinski definition) is 2. The highest BCUT2D eigenvalue weighted by molar-refractivity contribution is 5.24. The summed E-state index contributed by atoms with van der Waals surface area (Å²) in [6.07, 6.45) is 0.684. The van der Waals surface area contributed by atoms with Crippen molar-refractivity contribution in [3.63, 3.8) is 0 Å². The van der Waals surface area contributed by atoms with Gasteiger partial charge in [-0.1, -0.05) is 6.92 Å². The summed E-state index contributed by atoms with van der Waals surface area (Å²) in [6, 6.07) is 1.99. The van der Waals surface area contributed by atoms with Crippen molar-refractivity contribution in [2.24, 2.45) is 5.73 Å². The molecule has 0 aliphatic heterocycles. The van der Waals surface area contributed by atoms with Crippen molar-refractivity contribution in [2.75, 3.05) is 7.05 Å². The molecule has 3 nitrogen and oxygen atoms in total. The molecule has 0 atom stereocenters. The third kappa shape index (κ3) is 2.04. The van der Waals surface area contributed by atoms with Gasteiger partial charge in [0.1, 0.15) is 5.82 Å². The SMILES string of the molecule is CC/C(C#N)=C(/N)NC. The first-order valence-corrected chi connectivity index (χ1v) is 2.82. The minimum absolute atomic E-state index is 0.472. The van der Waals surface area contributed by atoms with Crippen molar-refractivity contribution < 1.29 is 0 Å². The number of nitriles is 1. The predicted octanol–water partition coefficient (Wildman–Crippen LogP) is 0.310. The van der Waals surface area contributed by atoms with Gasteiger partial charge >= 0.3 is 0 Å². The summed E-state index contributed by atoms with van der Waals surface area (Å²) in [6.45, 7) is 1.89. The molecule has 9 heavy (non-hydrogen) atoms. The lowest BCUT2D eigenvalue weighted by Crippen LogP contribution is -2.16. The molecule has 0 radical (unpaired) electrons. The quantitative estimate of drug-likeness (QED) is 0.522. The standard InChI is InChI=1S/C6H11N3/c1-3-5(4-7)6(8)9-2/h9H,3,8H2,1-2H3/b6-5+. The van der Waals surface area contributed by atoms with Gasteiger partial charge in [-0.05, 0) is 6.42 Å². The second-order valence-corrected chi connectivity index (χ2v) is 1.61. The lowest BCUT2D eigenvalue weighted by atomic mass is 10.2. The van der Waals surface area contributed by atoms with Crippen LogP contribution < -0.4 is 11.1 Å². The first kappa shape index (κ1) is 7.83. The van der Waals surface area contributed by atoms with E-state index in [0.29, 0.717) is 17.8 Å². The highest BCUT2D eigenvalue weighted by Gasteiger charge is 1.94. The van der Waals surface area contributed by atoms with Crippen LogP contribution in [0.3, 0.4) is 0 Å². The fourth-order valence-corrected chi connectivity index (χ4v) is 0.481. The lowest BCUT2D eigenvalue weighted by Gasteiger charge is -1.99. The van der Waals surface area contributed by atoms with Gasteiger partial charge in [-0.25, -0.2) is 0 Å². The van der Waals surface area contributed by atoms with Crippen molar-refractivity contribution in [1.29, 1.82) is 5.26 Å². The molecule has 0 spiro atoms. The maximum atomic E-state index is 8.40. The minimum Gasteiger partial charge on any atom is -0.385 e. The molecule has 3 heteroatoms. The monoisotopic (exact) mass is 125 g/mol. The molecule has 0 unspecified atom stereocenters. The van der Waals surface area contributed by atoms with Crippen LogP contribution in [0.4, 0.5) is 0 Å². The molecule has 0 aromatic rings. The maximum Gasteiger partial charge on any atom is 0.110 e. The van der Waals surface area contributed by atoms with Crippen LogP contribution in [0.1, 0.15) is 13.3 Å². The molecule has 0 fully saturated rings. The summed E-state index contributed by atoms with van der Waals surface area (Å²) in [5, 5.41) is 11.1. The number of nitrogens with one attached hydrogen (secondary N) is 1. The number of allylic oxidation sites excluding steroid dienone is 1. The van der Waals surface area contributed by atoms with E-state index in [2.05, 4.69) is 5.32 Å². The molecule has 0 bridgehead atoms. The van der Waals surface area contributed by atoms with Gasteiger partial charge in [0.15, 0.2) is 0 Å². The first-order chi connectivity index (χ1) is 4.26. The van der Waals surface area contributed by atoms with E-state index in [1.807, 2.05) is 13.0 Å². The van der Waals surface area contributed by atoms with Gasteiger partial charge in [-0.3, -0.25) is 0 Å². The largest absolute Gasteiger partial charge is 0.385 e. The van der Waals surface area contributed by atoms with Crippen LogP contribution in [0.5, 0.6) is 0 Å². The van der Waals surface area contributed by atoms with Crippen molar-refractivity contribution in [3.8, 4) is 6.07 Å². The Morgan fingerprint density at radius 1 is 1.78 bits per heavy atom. The van der Waals surface area contributed by atoms with Gasteiger partial charge in [-0.2, -0.15) is 5.26 Å². The molecule has 0 saturated heterocycles. The van der Waals surface area contributed by atoms with Gasteiger partial charge in [-0.15, -0.1) is 0 Å². The van der Waals surface area contributed by atoms with Crippen LogP contribution in [0.2, 0.25) is 0 Å². The maximum absolute atomic E-state index is 8.40. The van der Waals surface area contributed by atoms with Gasteiger partial charge in [0.05, 0.1) is 11.6 Å². The van der Waals surface area contributed by atoms with Crippen molar-refractivity contribution in [3.05, 3.63) is 11.4 Å². The van der Waals surface area contributed by atoms with Crippen LogP contribution in [0.25, 0.3) is 0 Å². The van der Waals surface area contributed by atoms with Crippen LogP contribution in [0.15, 0.2) is 11.4 Å². The molecular weight excluding hydrogens is 114 g/mol. The van der Waals surface area contributed by atoms with Gasteiger partial charge in [0.25, 0.3) is 0 Å². The van der Waals surface area contributed by atoms with Gasteiger partial charge in [0, 0.05) is 7.05 Å². The number of rotatable bonds is 2. The van der Waals surface area contributed by atoms with Crippen LogP contribution in [-0.2, 0) is 0 Å². The third-order valence-corrected chi connectivity index (χ3v) is 1.08. The average molecular weight is 125 g/mol. The molecule has 0 saturated carbocycles. The molecule has 3 N–H and O–H groups in total. The Bertz CT molecular complexity index is 152. The number of nitrogens with two attached hydrogens (primary N) is 1. The molecule has 0 aliphatic carbocycles. The fourth-order valence-electron chi connectivity index (χ4n) is 0.481. The molecule has 0 aromatic heterocycles. The van der Waals surface area contributed by atoms with Crippen LogP contribution in [-0.4, -0.2) is 7.05 Å². The Morgan fingerprint density at radius 3 is 2.44 bits per heavy atom. The zero-order chi connectivity index (χ0) is 7.28. The van der Waals surface area contributed by atoms with Crippen LogP contribution >= 0.6 is 0 Å².